The van der Waals surface area contributed by atoms with Gasteiger partial charge in [0.25, 0.3) is 0 Å². The van der Waals surface area contributed by atoms with E-state index in [0.29, 0.717) is 5.92 Å². The van der Waals surface area contributed by atoms with Gasteiger partial charge in [0.2, 0.25) is 0 Å². The molecule has 4 rings (SSSR count). The molecule has 0 heterocycles. The molecule has 0 fully saturated rings. The Hall–Kier alpha value is -1.56. The van der Waals surface area contributed by atoms with E-state index in [-0.39, 0.29) is 5.41 Å². The molecule has 3 aliphatic carbocycles. The van der Waals surface area contributed by atoms with Gasteiger partial charge in [0.15, 0.2) is 0 Å². The fraction of sp³-hybridized carbons (Fsp3) is 0.143. The molecule has 1 aromatic rings. The Kier molecular flexibility index (Phi) is 1.51. The summed E-state index contributed by atoms with van der Waals surface area (Å²) in [6, 6.07) is 10.6. The molecule has 0 aromatic heterocycles. The summed E-state index contributed by atoms with van der Waals surface area (Å²) in [6.45, 7) is 0. The minimum atomic E-state index is 0.0377. The van der Waals surface area contributed by atoms with Crippen molar-refractivity contribution in [3.05, 3.63) is 72.4 Å². The summed E-state index contributed by atoms with van der Waals surface area (Å²) >= 11 is 0. The van der Waals surface area contributed by atoms with Crippen LogP contribution in [0.25, 0.3) is 0 Å². The summed E-state index contributed by atoms with van der Waals surface area (Å²) in [4.78, 5) is 0. The van der Waals surface area contributed by atoms with Crippen LogP contribution in [0.4, 0.5) is 0 Å². The Morgan fingerprint density at radius 1 is 0.786 bits per heavy atom. The number of benzene rings is 1. The van der Waals surface area contributed by atoms with Crippen LogP contribution < -0.4 is 0 Å². The van der Waals surface area contributed by atoms with Gasteiger partial charge in [-0.15, -0.1) is 0 Å². The summed E-state index contributed by atoms with van der Waals surface area (Å²) in [7, 11) is 0. The SMILES string of the molecule is C1=CC2(c3ccccc3)C=CC1C=C2. The van der Waals surface area contributed by atoms with E-state index in [2.05, 4.69) is 66.8 Å². The van der Waals surface area contributed by atoms with Crippen molar-refractivity contribution in [2.24, 2.45) is 5.92 Å². The highest BCUT2D eigenvalue weighted by molar-refractivity contribution is 5.49. The van der Waals surface area contributed by atoms with Crippen molar-refractivity contribution in [1.29, 1.82) is 0 Å². The maximum atomic E-state index is 2.30. The van der Waals surface area contributed by atoms with Crippen molar-refractivity contribution in [3.8, 4) is 0 Å². The summed E-state index contributed by atoms with van der Waals surface area (Å²) in [5, 5.41) is 0. The fourth-order valence-corrected chi connectivity index (χ4v) is 2.19. The van der Waals surface area contributed by atoms with Gasteiger partial charge in [0.05, 0.1) is 0 Å². The molecule has 0 spiro atoms. The molecule has 0 radical (unpaired) electrons. The molecule has 0 N–H and O–H groups in total. The molecule has 14 heavy (non-hydrogen) atoms. The Labute approximate surface area is 84.3 Å². The summed E-state index contributed by atoms with van der Waals surface area (Å²) < 4.78 is 0. The van der Waals surface area contributed by atoms with Gasteiger partial charge in [0.1, 0.15) is 0 Å². The summed E-state index contributed by atoms with van der Waals surface area (Å²) in [5.74, 6) is 0.528. The van der Waals surface area contributed by atoms with Crippen LogP contribution in [0.15, 0.2) is 66.8 Å². The van der Waals surface area contributed by atoms with Crippen molar-refractivity contribution < 1.29 is 0 Å². The largest absolute Gasteiger partial charge is 0.0763 e. The predicted molar refractivity (Wildman–Crippen MR) is 59.0 cm³/mol. The van der Waals surface area contributed by atoms with Gasteiger partial charge in [-0.25, -0.2) is 0 Å². The number of allylic oxidation sites excluding steroid dienone is 6. The van der Waals surface area contributed by atoms with Gasteiger partial charge in [-0.2, -0.15) is 0 Å². The van der Waals surface area contributed by atoms with Crippen LogP contribution in [0.3, 0.4) is 0 Å². The number of hydrogen-bond donors (Lipinski definition) is 0. The number of rotatable bonds is 1. The summed E-state index contributed by atoms with van der Waals surface area (Å²) in [6.07, 6.45) is 13.7. The molecular formula is C14H12. The van der Waals surface area contributed by atoms with Gasteiger partial charge in [-0.1, -0.05) is 66.8 Å². The predicted octanol–water partition coefficient (Wildman–Crippen LogP) is 3.24. The topological polar surface area (TPSA) is 0 Å². The van der Waals surface area contributed by atoms with Crippen molar-refractivity contribution in [2.45, 2.75) is 5.41 Å². The second kappa shape index (κ2) is 2.71. The Morgan fingerprint density at radius 3 is 1.93 bits per heavy atom. The lowest BCUT2D eigenvalue weighted by Crippen LogP contribution is -2.24. The quantitative estimate of drug-likeness (QED) is 0.582. The van der Waals surface area contributed by atoms with E-state index in [9.17, 15) is 0 Å². The molecule has 0 heteroatoms. The molecule has 68 valence electrons. The van der Waals surface area contributed by atoms with Gasteiger partial charge in [-0.05, 0) is 5.56 Å². The number of hydrogen-bond acceptors (Lipinski definition) is 0. The average molecular weight is 180 g/mol. The minimum absolute atomic E-state index is 0.0377. The first-order valence-corrected chi connectivity index (χ1v) is 5.03. The second-order valence-electron chi connectivity index (χ2n) is 3.95. The normalized spacial score (nSPS) is 32.4. The van der Waals surface area contributed by atoms with Crippen molar-refractivity contribution in [1.82, 2.24) is 0 Å². The van der Waals surface area contributed by atoms with Crippen LogP contribution in [0.5, 0.6) is 0 Å². The first kappa shape index (κ1) is 7.81. The standard InChI is InChI=1S/C14H12/c1-2-4-13(5-3-1)14-9-6-12(7-10-14)8-11-14/h1-12H. The van der Waals surface area contributed by atoms with Crippen molar-refractivity contribution in [3.63, 3.8) is 0 Å². The van der Waals surface area contributed by atoms with E-state index in [0.717, 1.165) is 0 Å². The lowest BCUT2D eigenvalue weighted by Gasteiger charge is -2.32. The molecule has 0 saturated carbocycles. The van der Waals surface area contributed by atoms with Crippen LogP contribution >= 0.6 is 0 Å². The molecular weight excluding hydrogens is 168 g/mol. The smallest absolute Gasteiger partial charge is 0.0494 e. The van der Waals surface area contributed by atoms with E-state index in [4.69, 9.17) is 0 Å². The summed E-state index contributed by atoms with van der Waals surface area (Å²) in [5.41, 5.74) is 1.39. The molecule has 0 aliphatic heterocycles. The average Bonchev–Trinajstić information content (AvgIpc) is 2.33. The van der Waals surface area contributed by atoms with Crippen molar-refractivity contribution >= 4 is 0 Å². The zero-order chi connectivity index (χ0) is 9.43. The van der Waals surface area contributed by atoms with E-state index in [1.165, 1.54) is 5.56 Å². The molecule has 0 saturated heterocycles. The fourth-order valence-electron chi connectivity index (χ4n) is 2.19. The maximum Gasteiger partial charge on any atom is 0.0494 e. The zero-order valence-corrected chi connectivity index (χ0v) is 7.93. The van der Waals surface area contributed by atoms with E-state index in [1.807, 2.05) is 0 Å². The van der Waals surface area contributed by atoms with Crippen LogP contribution in [0, 0.1) is 5.92 Å². The molecule has 2 bridgehead atoms. The molecule has 3 aliphatic rings. The highest BCUT2D eigenvalue weighted by Crippen LogP contribution is 2.37. The first-order valence-electron chi connectivity index (χ1n) is 5.03. The van der Waals surface area contributed by atoms with Crippen molar-refractivity contribution in [2.75, 3.05) is 0 Å². The van der Waals surface area contributed by atoms with Gasteiger partial charge in [-0.3, -0.25) is 0 Å². The van der Waals surface area contributed by atoms with E-state index < -0.39 is 0 Å². The first-order chi connectivity index (χ1) is 6.89. The zero-order valence-electron chi connectivity index (χ0n) is 7.93. The van der Waals surface area contributed by atoms with Crippen LogP contribution in [0.2, 0.25) is 0 Å². The van der Waals surface area contributed by atoms with Gasteiger partial charge < -0.3 is 0 Å². The van der Waals surface area contributed by atoms with Gasteiger partial charge in [0, 0.05) is 11.3 Å². The third-order valence-corrected chi connectivity index (χ3v) is 3.06. The van der Waals surface area contributed by atoms with Gasteiger partial charge >= 0.3 is 0 Å². The highest BCUT2D eigenvalue weighted by atomic mass is 14.3. The molecule has 0 unspecified atom stereocenters. The van der Waals surface area contributed by atoms with E-state index in [1.54, 1.807) is 0 Å². The van der Waals surface area contributed by atoms with E-state index >= 15 is 0 Å². The van der Waals surface area contributed by atoms with Crippen LogP contribution in [-0.4, -0.2) is 0 Å². The third kappa shape index (κ3) is 1.00. The molecule has 0 nitrogen and oxygen atoms in total. The van der Waals surface area contributed by atoms with Crippen LogP contribution in [0.1, 0.15) is 5.56 Å². The monoisotopic (exact) mass is 180 g/mol. The molecule has 1 aromatic carbocycles. The molecule has 0 atom stereocenters. The Bertz CT molecular complexity index is 385. The lowest BCUT2D eigenvalue weighted by molar-refractivity contribution is 0.765. The Morgan fingerprint density at radius 2 is 1.36 bits per heavy atom. The lowest BCUT2D eigenvalue weighted by atomic mass is 9.71. The molecule has 0 amide bonds. The van der Waals surface area contributed by atoms with Crippen LogP contribution in [-0.2, 0) is 5.41 Å². The minimum Gasteiger partial charge on any atom is -0.0763 e. The maximum absolute atomic E-state index is 2.30. The Balaban J connectivity index is 2.13. The third-order valence-electron chi connectivity index (χ3n) is 3.06. The highest BCUT2D eigenvalue weighted by Gasteiger charge is 2.28. The second-order valence-corrected chi connectivity index (χ2v) is 3.95.